The first-order valence-electron chi connectivity index (χ1n) is 8.19. The molecule has 3 rings (SSSR count). The van der Waals surface area contributed by atoms with E-state index in [-0.39, 0.29) is 9.79 Å². The fourth-order valence-corrected chi connectivity index (χ4v) is 6.67. The summed E-state index contributed by atoms with van der Waals surface area (Å²) in [5, 5.41) is 0.490. The smallest absolute Gasteiger partial charge is 0.206 e. The van der Waals surface area contributed by atoms with Crippen molar-refractivity contribution in [3.63, 3.8) is 0 Å². The molecule has 8 heteroatoms. The third kappa shape index (κ3) is 4.32. The Morgan fingerprint density at radius 3 is 1.54 bits per heavy atom. The van der Waals surface area contributed by atoms with E-state index in [4.69, 9.17) is 11.6 Å². The Kier molecular flexibility index (Phi) is 5.98. The minimum absolute atomic E-state index is 0.0953. The van der Waals surface area contributed by atoms with E-state index in [2.05, 4.69) is 4.99 Å². The van der Waals surface area contributed by atoms with Crippen LogP contribution in [0.1, 0.15) is 0 Å². The number of aliphatic imine (C=N–C) groups is 1. The van der Waals surface area contributed by atoms with Crippen molar-refractivity contribution in [1.29, 1.82) is 0 Å². The lowest BCUT2D eigenvalue weighted by Gasteiger charge is -2.15. The molecule has 144 valence electrons. The molecule has 0 N–H and O–H groups in total. The molecule has 3 aromatic carbocycles. The van der Waals surface area contributed by atoms with Crippen molar-refractivity contribution in [1.82, 2.24) is 0 Å². The molecule has 0 fully saturated rings. The highest BCUT2D eigenvalue weighted by Gasteiger charge is 2.38. The molecule has 0 amide bonds. The molecule has 5 nitrogen and oxygen atoms in total. The van der Waals surface area contributed by atoms with Crippen molar-refractivity contribution in [3.05, 3.63) is 90.0 Å². The molecule has 0 aliphatic rings. The van der Waals surface area contributed by atoms with Gasteiger partial charge in [-0.1, -0.05) is 48.0 Å². The molecule has 0 aromatic heterocycles. The normalized spacial score (nSPS) is 12.5. The standard InChI is InChI=1S/C20H16ClNO4S2/c21-16-11-13-17(14-12-16)22-15-20(27(23,24)18-7-3-1-4-8-18)28(25,26)19-9-5-2-6-10-19/h1-15,20H. The summed E-state index contributed by atoms with van der Waals surface area (Å²) in [6.07, 6.45) is 0.952. The summed E-state index contributed by atoms with van der Waals surface area (Å²) < 4.78 is 50.7. The number of sulfone groups is 2. The zero-order valence-corrected chi connectivity index (χ0v) is 16.9. The van der Waals surface area contributed by atoms with E-state index in [1.165, 1.54) is 48.5 Å². The van der Waals surface area contributed by atoms with Gasteiger partial charge in [0.1, 0.15) is 0 Å². The van der Waals surface area contributed by atoms with Crippen molar-refractivity contribution < 1.29 is 16.8 Å². The molecule has 0 aliphatic carbocycles. The van der Waals surface area contributed by atoms with E-state index in [1.807, 2.05) is 0 Å². The van der Waals surface area contributed by atoms with Gasteiger partial charge in [-0.05, 0) is 48.5 Å². The van der Waals surface area contributed by atoms with Crippen LogP contribution in [0.15, 0.2) is 99.7 Å². The van der Waals surface area contributed by atoms with Crippen LogP contribution < -0.4 is 0 Å². The second-order valence-corrected chi connectivity index (χ2v) is 10.7. The average Bonchev–Trinajstić information content (AvgIpc) is 2.70. The maximum atomic E-state index is 13.1. The minimum atomic E-state index is -4.25. The van der Waals surface area contributed by atoms with E-state index in [0.29, 0.717) is 10.7 Å². The van der Waals surface area contributed by atoms with Crippen molar-refractivity contribution in [2.45, 2.75) is 14.4 Å². The number of hydrogen-bond acceptors (Lipinski definition) is 5. The predicted molar refractivity (Wildman–Crippen MR) is 111 cm³/mol. The van der Waals surface area contributed by atoms with Gasteiger partial charge in [-0.3, -0.25) is 4.99 Å². The van der Waals surface area contributed by atoms with Gasteiger partial charge >= 0.3 is 0 Å². The number of benzene rings is 3. The Morgan fingerprint density at radius 1 is 0.679 bits per heavy atom. The molecule has 0 unspecified atom stereocenters. The van der Waals surface area contributed by atoms with Gasteiger partial charge in [0.25, 0.3) is 0 Å². The van der Waals surface area contributed by atoms with Crippen LogP contribution in [-0.4, -0.2) is 27.6 Å². The average molecular weight is 434 g/mol. The third-order valence-corrected chi connectivity index (χ3v) is 9.02. The molecule has 0 atom stereocenters. The topological polar surface area (TPSA) is 80.6 Å². The first kappa shape index (κ1) is 20.3. The molecular weight excluding hydrogens is 418 g/mol. The van der Waals surface area contributed by atoms with E-state index in [0.717, 1.165) is 6.21 Å². The number of rotatable bonds is 6. The summed E-state index contributed by atoms with van der Waals surface area (Å²) in [5.41, 5.74) is 0.390. The first-order chi connectivity index (χ1) is 13.3. The Labute approximate surface area is 169 Å². The molecule has 0 heterocycles. The van der Waals surface area contributed by atoms with Gasteiger partial charge in [-0.15, -0.1) is 0 Å². The number of hydrogen-bond donors (Lipinski definition) is 0. The molecule has 28 heavy (non-hydrogen) atoms. The van der Waals surface area contributed by atoms with Crippen molar-refractivity contribution in [3.8, 4) is 0 Å². The second kappa shape index (κ2) is 8.26. The Hall–Kier alpha value is -2.48. The van der Waals surface area contributed by atoms with Crippen molar-refractivity contribution in [2.24, 2.45) is 4.99 Å². The van der Waals surface area contributed by atoms with Gasteiger partial charge in [-0.2, -0.15) is 0 Å². The number of nitrogens with zero attached hydrogens (tertiary/aromatic N) is 1. The zero-order valence-electron chi connectivity index (χ0n) is 14.5. The van der Waals surface area contributed by atoms with Gasteiger partial charge in [0.05, 0.1) is 15.5 Å². The zero-order chi connectivity index (χ0) is 20.2. The van der Waals surface area contributed by atoms with Gasteiger partial charge in [-0.25, -0.2) is 16.8 Å². The van der Waals surface area contributed by atoms with E-state index < -0.39 is 24.3 Å². The van der Waals surface area contributed by atoms with E-state index >= 15 is 0 Å². The van der Waals surface area contributed by atoms with Crippen molar-refractivity contribution >= 4 is 43.2 Å². The summed E-state index contributed by atoms with van der Waals surface area (Å²) in [5.74, 6) is 0. The Morgan fingerprint density at radius 2 is 1.11 bits per heavy atom. The maximum absolute atomic E-state index is 13.1. The van der Waals surface area contributed by atoms with Gasteiger partial charge in [0, 0.05) is 11.2 Å². The molecule has 3 aromatic rings. The van der Waals surface area contributed by atoms with Crippen LogP contribution in [0, 0.1) is 0 Å². The fourth-order valence-electron chi connectivity index (χ4n) is 2.49. The predicted octanol–water partition coefficient (Wildman–Crippen LogP) is 4.32. The lowest BCUT2D eigenvalue weighted by Crippen LogP contribution is -2.32. The molecule has 0 spiro atoms. The van der Waals surface area contributed by atoms with Crippen LogP contribution in [0.4, 0.5) is 5.69 Å². The van der Waals surface area contributed by atoms with Gasteiger partial charge in [0.2, 0.25) is 24.3 Å². The number of halogens is 1. The molecule has 0 aliphatic heterocycles. The second-order valence-electron chi connectivity index (χ2n) is 5.84. The molecule has 0 radical (unpaired) electrons. The molecule has 0 bridgehead atoms. The third-order valence-electron chi connectivity index (χ3n) is 3.93. The van der Waals surface area contributed by atoms with E-state index in [1.54, 1.807) is 36.4 Å². The SMILES string of the molecule is O=S(=O)(c1ccccc1)C(C=Nc1ccc(Cl)cc1)S(=O)(=O)c1ccccc1. The van der Waals surface area contributed by atoms with Crippen LogP contribution in [0.2, 0.25) is 5.02 Å². The van der Waals surface area contributed by atoms with E-state index in [9.17, 15) is 16.8 Å². The van der Waals surface area contributed by atoms with Crippen LogP contribution in [0.5, 0.6) is 0 Å². The van der Waals surface area contributed by atoms with Crippen LogP contribution >= 0.6 is 11.6 Å². The Balaban J connectivity index is 2.13. The monoisotopic (exact) mass is 433 g/mol. The highest BCUT2D eigenvalue weighted by atomic mass is 35.5. The Bertz CT molecular complexity index is 1110. The summed E-state index contributed by atoms with van der Waals surface area (Å²) in [6.45, 7) is 0. The summed E-state index contributed by atoms with van der Waals surface area (Å²) >= 11 is 5.84. The summed E-state index contributed by atoms with van der Waals surface area (Å²) in [7, 11) is -8.50. The van der Waals surface area contributed by atoms with Crippen molar-refractivity contribution in [2.75, 3.05) is 0 Å². The van der Waals surface area contributed by atoms with Crippen LogP contribution in [-0.2, 0) is 19.7 Å². The largest absolute Gasteiger partial charge is 0.259 e. The highest BCUT2D eigenvalue weighted by Crippen LogP contribution is 2.25. The first-order valence-corrected chi connectivity index (χ1v) is 11.7. The lowest BCUT2D eigenvalue weighted by molar-refractivity contribution is 0.584. The molecular formula is C20H16ClNO4S2. The summed E-state index contributed by atoms with van der Waals surface area (Å²) in [4.78, 5) is 3.90. The highest BCUT2D eigenvalue weighted by molar-refractivity contribution is 8.10. The lowest BCUT2D eigenvalue weighted by atomic mass is 10.3. The van der Waals surface area contributed by atoms with Gasteiger partial charge < -0.3 is 0 Å². The summed E-state index contributed by atoms with van der Waals surface area (Å²) in [6, 6.07) is 21.2. The maximum Gasteiger partial charge on any atom is 0.206 e. The van der Waals surface area contributed by atoms with Crippen LogP contribution in [0.25, 0.3) is 0 Å². The molecule has 0 saturated carbocycles. The quantitative estimate of drug-likeness (QED) is 0.542. The van der Waals surface area contributed by atoms with Crippen LogP contribution in [0.3, 0.4) is 0 Å². The minimum Gasteiger partial charge on any atom is -0.259 e. The fraction of sp³-hybridized carbons (Fsp3) is 0.0500. The van der Waals surface area contributed by atoms with Gasteiger partial charge in [0.15, 0.2) is 0 Å². The molecule has 0 saturated heterocycles.